The summed E-state index contributed by atoms with van der Waals surface area (Å²) >= 11 is 0. The van der Waals surface area contributed by atoms with E-state index in [0.717, 1.165) is 31.0 Å². The largest absolute Gasteiger partial charge is 0.282 e. The van der Waals surface area contributed by atoms with Crippen molar-refractivity contribution in [3.8, 4) is 0 Å². The van der Waals surface area contributed by atoms with Gasteiger partial charge in [-0.1, -0.05) is 12.8 Å². The molecule has 1 fully saturated rings. The van der Waals surface area contributed by atoms with Crippen LogP contribution >= 0.6 is 0 Å². The highest BCUT2D eigenvalue weighted by Gasteiger charge is 2.30. The Labute approximate surface area is 117 Å². The molecule has 0 aromatic heterocycles. The van der Waals surface area contributed by atoms with Crippen molar-refractivity contribution < 1.29 is 21.2 Å². The van der Waals surface area contributed by atoms with E-state index in [1.807, 2.05) is 0 Å². The SMILES string of the molecule is NS(=O)(=O)c1ccc(F)cc1NS(=O)(=O)C1CCCC1. The van der Waals surface area contributed by atoms with Gasteiger partial charge in [0.05, 0.1) is 10.9 Å². The number of anilines is 1. The maximum Gasteiger partial charge on any atom is 0.240 e. The minimum Gasteiger partial charge on any atom is -0.282 e. The van der Waals surface area contributed by atoms with Crippen LogP contribution in [0.15, 0.2) is 23.1 Å². The second kappa shape index (κ2) is 5.30. The van der Waals surface area contributed by atoms with Crippen molar-refractivity contribution in [3.05, 3.63) is 24.0 Å². The molecule has 1 saturated carbocycles. The van der Waals surface area contributed by atoms with Gasteiger partial charge in [-0.25, -0.2) is 26.4 Å². The van der Waals surface area contributed by atoms with Gasteiger partial charge < -0.3 is 0 Å². The van der Waals surface area contributed by atoms with E-state index in [4.69, 9.17) is 5.14 Å². The summed E-state index contributed by atoms with van der Waals surface area (Å²) in [5, 5.41) is 4.41. The fourth-order valence-corrected chi connectivity index (χ4v) is 4.60. The molecule has 0 amide bonds. The molecule has 0 radical (unpaired) electrons. The van der Waals surface area contributed by atoms with Gasteiger partial charge in [-0.2, -0.15) is 0 Å². The van der Waals surface area contributed by atoms with E-state index in [1.165, 1.54) is 0 Å². The average molecular weight is 322 g/mol. The third-order valence-corrected chi connectivity index (χ3v) is 6.06. The second-order valence-electron chi connectivity index (χ2n) is 4.74. The molecule has 0 bridgehead atoms. The summed E-state index contributed by atoms with van der Waals surface area (Å²) < 4.78 is 62.4. The predicted octanol–water partition coefficient (Wildman–Crippen LogP) is 1.16. The minimum atomic E-state index is -4.14. The summed E-state index contributed by atoms with van der Waals surface area (Å²) in [6.07, 6.45) is 2.62. The Hall–Kier alpha value is -1.19. The quantitative estimate of drug-likeness (QED) is 0.867. The smallest absolute Gasteiger partial charge is 0.240 e. The lowest BCUT2D eigenvalue weighted by molar-refractivity contribution is 0.585. The molecule has 6 nitrogen and oxygen atoms in total. The summed E-state index contributed by atoms with van der Waals surface area (Å²) in [6.45, 7) is 0. The molecule has 1 aromatic rings. The fourth-order valence-electron chi connectivity index (χ4n) is 2.27. The number of hydrogen-bond donors (Lipinski definition) is 2. The summed E-state index contributed by atoms with van der Waals surface area (Å²) in [6, 6.07) is 2.66. The maximum atomic E-state index is 13.2. The third kappa shape index (κ3) is 3.28. The minimum absolute atomic E-state index is 0.348. The van der Waals surface area contributed by atoms with E-state index in [9.17, 15) is 21.2 Å². The fraction of sp³-hybridized carbons (Fsp3) is 0.455. The summed E-state index contributed by atoms with van der Waals surface area (Å²) in [7, 11) is -7.89. The first-order valence-electron chi connectivity index (χ1n) is 6.04. The molecule has 0 unspecified atom stereocenters. The number of primary sulfonamides is 1. The molecule has 0 atom stereocenters. The Morgan fingerprint density at radius 2 is 1.75 bits per heavy atom. The molecule has 20 heavy (non-hydrogen) atoms. The van der Waals surface area contributed by atoms with Crippen LogP contribution in [0, 0.1) is 5.82 Å². The lowest BCUT2D eigenvalue weighted by Crippen LogP contribution is -2.26. The van der Waals surface area contributed by atoms with Crippen molar-refractivity contribution in [1.82, 2.24) is 0 Å². The van der Waals surface area contributed by atoms with Crippen LogP contribution in [-0.4, -0.2) is 22.1 Å². The van der Waals surface area contributed by atoms with Crippen LogP contribution in [-0.2, 0) is 20.0 Å². The number of sulfonamides is 2. The first-order valence-corrected chi connectivity index (χ1v) is 9.13. The number of halogens is 1. The zero-order chi connectivity index (χ0) is 15.0. The van der Waals surface area contributed by atoms with Gasteiger partial charge in [0.1, 0.15) is 10.7 Å². The second-order valence-corrected chi connectivity index (χ2v) is 8.23. The Bertz CT molecular complexity index is 710. The highest BCUT2D eigenvalue weighted by molar-refractivity contribution is 7.93. The van der Waals surface area contributed by atoms with Crippen LogP contribution in [0.1, 0.15) is 25.7 Å². The van der Waals surface area contributed by atoms with Crippen LogP contribution in [0.3, 0.4) is 0 Å². The van der Waals surface area contributed by atoms with Crippen LogP contribution < -0.4 is 9.86 Å². The third-order valence-electron chi connectivity index (χ3n) is 3.24. The van der Waals surface area contributed by atoms with E-state index in [1.54, 1.807) is 0 Å². The highest BCUT2D eigenvalue weighted by Crippen LogP contribution is 2.28. The molecule has 1 aliphatic carbocycles. The van der Waals surface area contributed by atoms with Crippen molar-refractivity contribution in [2.75, 3.05) is 4.72 Å². The van der Waals surface area contributed by atoms with Gasteiger partial charge in [0.25, 0.3) is 0 Å². The predicted molar refractivity (Wildman–Crippen MR) is 72.6 cm³/mol. The van der Waals surface area contributed by atoms with E-state index in [0.29, 0.717) is 12.8 Å². The van der Waals surface area contributed by atoms with E-state index < -0.39 is 36.0 Å². The van der Waals surface area contributed by atoms with Gasteiger partial charge in [0.2, 0.25) is 20.0 Å². The Morgan fingerprint density at radius 1 is 1.15 bits per heavy atom. The average Bonchev–Trinajstić information content (AvgIpc) is 2.80. The topological polar surface area (TPSA) is 106 Å². The van der Waals surface area contributed by atoms with Crippen molar-refractivity contribution in [3.63, 3.8) is 0 Å². The molecular weight excluding hydrogens is 307 g/mol. The number of nitrogens with two attached hydrogens (primary N) is 1. The molecule has 1 aliphatic rings. The normalized spacial score (nSPS) is 17.3. The van der Waals surface area contributed by atoms with Gasteiger partial charge in [-0.15, -0.1) is 0 Å². The van der Waals surface area contributed by atoms with Crippen molar-refractivity contribution in [1.29, 1.82) is 0 Å². The monoisotopic (exact) mass is 322 g/mol. The van der Waals surface area contributed by atoms with Gasteiger partial charge in [0.15, 0.2) is 0 Å². The van der Waals surface area contributed by atoms with Crippen molar-refractivity contribution in [2.45, 2.75) is 35.8 Å². The van der Waals surface area contributed by atoms with E-state index in [2.05, 4.69) is 4.72 Å². The van der Waals surface area contributed by atoms with Gasteiger partial charge in [-0.3, -0.25) is 4.72 Å². The summed E-state index contributed by atoms with van der Waals surface area (Å²) in [5.74, 6) is -0.749. The van der Waals surface area contributed by atoms with Gasteiger partial charge in [0, 0.05) is 0 Å². The van der Waals surface area contributed by atoms with Crippen molar-refractivity contribution in [2.24, 2.45) is 5.14 Å². The Balaban J connectivity index is 2.40. The van der Waals surface area contributed by atoms with Crippen LogP contribution in [0.2, 0.25) is 0 Å². The lowest BCUT2D eigenvalue weighted by Gasteiger charge is -2.15. The van der Waals surface area contributed by atoms with Gasteiger partial charge >= 0.3 is 0 Å². The number of rotatable bonds is 4. The van der Waals surface area contributed by atoms with Gasteiger partial charge in [-0.05, 0) is 31.0 Å². The lowest BCUT2D eigenvalue weighted by atomic mass is 10.3. The van der Waals surface area contributed by atoms with E-state index >= 15 is 0 Å². The highest BCUT2D eigenvalue weighted by atomic mass is 32.2. The summed E-state index contributed by atoms with van der Waals surface area (Å²) in [4.78, 5) is -0.444. The molecule has 0 spiro atoms. The van der Waals surface area contributed by atoms with Crippen LogP contribution in [0.4, 0.5) is 10.1 Å². The van der Waals surface area contributed by atoms with E-state index in [-0.39, 0.29) is 5.69 Å². The standard InChI is InChI=1S/C11H15FN2O4S2/c12-8-5-6-11(19(13,15)16)10(7-8)14-20(17,18)9-3-1-2-4-9/h5-7,9,14H,1-4H2,(H2,13,15,16). The number of hydrogen-bond acceptors (Lipinski definition) is 4. The maximum absolute atomic E-state index is 13.2. The molecule has 9 heteroatoms. The summed E-state index contributed by atoms with van der Waals surface area (Å²) in [5.41, 5.74) is -0.348. The number of nitrogens with one attached hydrogen (secondary N) is 1. The number of benzene rings is 1. The zero-order valence-electron chi connectivity index (χ0n) is 10.5. The molecule has 1 aromatic carbocycles. The Morgan fingerprint density at radius 3 is 2.30 bits per heavy atom. The molecular formula is C11H15FN2O4S2. The first kappa shape index (κ1) is 15.2. The van der Waals surface area contributed by atoms with Crippen molar-refractivity contribution >= 4 is 25.7 Å². The van der Waals surface area contributed by atoms with Crippen LogP contribution in [0.5, 0.6) is 0 Å². The molecule has 112 valence electrons. The van der Waals surface area contributed by atoms with Crippen LogP contribution in [0.25, 0.3) is 0 Å². The molecule has 0 saturated heterocycles. The first-order chi connectivity index (χ1) is 9.20. The Kier molecular flexibility index (Phi) is 4.03. The zero-order valence-corrected chi connectivity index (χ0v) is 12.2. The molecule has 3 N–H and O–H groups in total. The molecule has 0 heterocycles. The molecule has 2 rings (SSSR count). The molecule has 0 aliphatic heterocycles.